The Morgan fingerprint density at radius 2 is 1.42 bits per heavy atom. The summed E-state index contributed by atoms with van der Waals surface area (Å²) in [4.78, 5) is 38.6. The van der Waals surface area contributed by atoms with E-state index in [9.17, 15) is 29.7 Å². The number of amides is 2. The third-order valence-corrected chi connectivity index (χ3v) is 10.3. The molecule has 5 N–H and O–H groups in total. The van der Waals surface area contributed by atoms with E-state index in [0.717, 1.165) is 6.08 Å². The first-order valence-corrected chi connectivity index (χ1v) is 19.1. The summed E-state index contributed by atoms with van der Waals surface area (Å²) in [5.74, 6) is -3.56. The van der Waals surface area contributed by atoms with Crippen molar-refractivity contribution in [2.24, 2.45) is 5.92 Å². The highest BCUT2D eigenvalue weighted by Crippen LogP contribution is 2.45. The largest absolute Gasteiger partial charge is 0.511 e. The Morgan fingerprint density at radius 3 is 2.05 bits per heavy atom. The fraction of sp³-hybridized carbons (Fsp3) is 0.195. The first kappa shape index (κ1) is 41.4. The quantitative estimate of drug-likeness (QED) is 0.0923. The van der Waals surface area contributed by atoms with Crippen molar-refractivity contribution in [1.29, 1.82) is 0 Å². The number of nitrogens with one attached hydrogen (secondary N) is 2. The molecule has 4 atom stereocenters. The summed E-state index contributed by atoms with van der Waals surface area (Å²) in [6.07, 6.45) is -0.324. The molecule has 0 saturated heterocycles. The van der Waals surface area contributed by atoms with Gasteiger partial charge in [-0.1, -0.05) is 52.5 Å². The van der Waals surface area contributed by atoms with Gasteiger partial charge in [0.25, 0.3) is 11.8 Å². The molecule has 18 heteroatoms. The molecule has 1 aliphatic carbocycles. The Hall–Kier alpha value is -5.77. The van der Waals surface area contributed by atoms with Crippen LogP contribution in [0.2, 0.25) is 20.1 Å². The number of ether oxygens (including phenoxy) is 6. The number of aliphatic hydroxyl groups excluding tert-OH is 3. The van der Waals surface area contributed by atoms with Crippen LogP contribution in [-0.2, 0) is 23.9 Å². The van der Waals surface area contributed by atoms with Crippen molar-refractivity contribution < 1.29 is 58.1 Å². The van der Waals surface area contributed by atoms with Gasteiger partial charge in [0.05, 0.1) is 35.1 Å². The van der Waals surface area contributed by atoms with E-state index in [1.165, 1.54) is 49.6 Å². The average Bonchev–Trinajstić information content (AvgIpc) is 3.21. The number of ketones is 1. The van der Waals surface area contributed by atoms with Gasteiger partial charge in [-0.25, -0.2) is 0 Å². The predicted octanol–water partition coefficient (Wildman–Crippen LogP) is 8.01. The van der Waals surface area contributed by atoms with Crippen molar-refractivity contribution >= 4 is 81.1 Å². The Labute approximate surface area is 356 Å². The molecule has 4 unspecified atom stereocenters. The van der Waals surface area contributed by atoms with Crippen LogP contribution in [0.4, 0.5) is 11.4 Å². The number of halogens is 4. The molecule has 2 amide bonds. The van der Waals surface area contributed by atoms with Crippen LogP contribution in [0.3, 0.4) is 0 Å². The molecule has 7 rings (SSSR count). The van der Waals surface area contributed by atoms with Gasteiger partial charge in [0.1, 0.15) is 23.5 Å². The summed E-state index contributed by atoms with van der Waals surface area (Å²) in [7, 11) is 1.42. The lowest BCUT2D eigenvalue weighted by Crippen LogP contribution is -2.38. The van der Waals surface area contributed by atoms with Gasteiger partial charge in [0, 0.05) is 27.2 Å². The molecule has 0 saturated carbocycles. The number of allylic oxidation sites excluding steroid dienone is 2. The molecule has 0 bridgehead atoms. The van der Waals surface area contributed by atoms with E-state index in [1.807, 2.05) is 0 Å². The second-order valence-corrected chi connectivity index (χ2v) is 14.8. The lowest BCUT2D eigenvalue weighted by Gasteiger charge is -2.35. The van der Waals surface area contributed by atoms with E-state index in [4.69, 9.17) is 74.8 Å². The minimum Gasteiger partial charge on any atom is -0.511 e. The molecule has 3 aliphatic rings. The molecule has 0 aromatic heterocycles. The van der Waals surface area contributed by atoms with Crippen LogP contribution in [0.1, 0.15) is 17.2 Å². The van der Waals surface area contributed by atoms with E-state index < -0.39 is 66.6 Å². The summed E-state index contributed by atoms with van der Waals surface area (Å²) in [5, 5.41) is 38.6. The van der Waals surface area contributed by atoms with Gasteiger partial charge in [-0.05, 0) is 72.8 Å². The Bertz CT molecular complexity index is 2440. The number of aliphatic hydroxyl groups is 3. The zero-order valence-corrected chi connectivity index (χ0v) is 33.6. The summed E-state index contributed by atoms with van der Waals surface area (Å²) in [5.41, 5.74) is 1.41. The van der Waals surface area contributed by atoms with E-state index >= 15 is 0 Å². The maximum absolute atomic E-state index is 13.4. The molecule has 4 aromatic carbocycles. The minimum atomic E-state index is -1.28. The van der Waals surface area contributed by atoms with Gasteiger partial charge in [0.2, 0.25) is 11.5 Å². The number of methoxy groups -OCH3 is 1. The molecule has 59 heavy (non-hydrogen) atoms. The Morgan fingerprint density at radius 1 is 0.763 bits per heavy atom. The number of carbonyl (C=O) groups excluding carboxylic acids is 3. The third-order valence-electron chi connectivity index (χ3n) is 9.16. The fourth-order valence-electron chi connectivity index (χ4n) is 6.36. The van der Waals surface area contributed by atoms with Gasteiger partial charge in [-0.3, -0.25) is 14.4 Å². The predicted molar refractivity (Wildman–Crippen MR) is 218 cm³/mol. The van der Waals surface area contributed by atoms with Crippen molar-refractivity contribution in [3.8, 4) is 23.0 Å². The summed E-state index contributed by atoms with van der Waals surface area (Å²) in [6, 6.07) is 18.6. The van der Waals surface area contributed by atoms with Crippen molar-refractivity contribution in [3.63, 3.8) is 0 Å². The molecule has 0 spiro atoms. The molecular weight excluding hydrogens is 854 g/mol. The summed E-state index contributed by atoms with van der Waals surface area (Å²) >= 11 is 24.1. The first-order chi connectivity index (χ1) is 28.3. The summed E-state index contributed by atoms with van der Waals surface area (Å²) < 4.78 is 35.4. The minimum absolute atomic E-state index is 0.0349. The van der Waals surface area contributed by atoms with Crippen LogP contribution < -0.4 is 29.6 Å². The monoisotopic (exact) mass is 884 g/mol. The van der Waals surface area contributed by atoms with Crippen LogP contribution >= 0.6 is 46.4 Å². The number of carbonyl (C=O) groups is 3. The van der Waals surface area contributed by atoms with E-state index in [0.29, 0.717) is 27.0 Å². The molecule has 0 radical (unpaired) electrons. The number of hydrogen-bond donors (Lipinski definition) is 5. The number of benzene rings is 4. The Balaban J connectivity index is 1.05. The fourth-order valence-corrected chi connectivity index (χ4v) is 7.27. The lowest BCUT2D eigenvalue weighted by atomic mass is 9.86. The van der Waals surface area contributed by atoms with Crippen LogP contribution in [-0.4, -0.2) is 72.1 Å². The first-order valence-electron chi connectivity index (χ1n) is 17.6. The van der Waals surface area contributed by atoms with Crippen molar-refractivity contribution in [2.75, 3.05) is 37.6 Å². The maximum Gasteiger partial charge on any atom is 0.262 e. The number of anilines is 2. The van der Waals surface area contributed by atoms with E-state index in [1.54, 1.807) is 36.4 Å². The number of fused-ring (bicyclic) bond motifs is 2. The van der Waals surface area contributed by atoms with Gasteiger partial charge in [0.15, 0.2) is 54.2 Å². The summed E-state index contributed by atoms with van der Waals surface area (Å²) in [6.45, 7) is -1.29. The van der Waals surface area contributed by atoms with E-state index in [2.05, 4.69) is 10.6 Å². The average molecular weight is 887 g/mol. The molecule has 14 nitrogen and oxygen atoms in total. The smallest absolute Gasteiger partial charge is 0.262 e. The second-order valence-electron chi connectivity index (χ2n) is 13.1. The van der Waals surface area contributed by atoms with Gasteiger partial charge in [-0.2, -0.15) is 0 Å². The topological polar surface area (TPSA) is 191 Å². The number of Topliss-reactive ketones (excluding diaryl/α,β-unsaturated/α-hetero) is 1. The highest BCUT2D eigenvalue weighted by atomic mass is 35.5. The van der Waals surface area contributed by atoms with Crippen molar-refractivity contribution in [2.45, 2.75) is 18.3 Å². The number of rotatable bonds is 12. The highest BCUT2D eigenvalue weighted by Gasteiger charge is 2.44. The van der Waals surface area contributed by atoms with Crippen molar-refractivity contribution in [3.05, 3.63) is 133 Å². The highest BCUT2D eigenvalue weighted by molar-refractivity contribution is 6.37. The van der Waals surface area contributed by atoms with Gasteiger partial charge in [-0.15, -0.1) is 0 Å². The SMILES string of the molecule is COc1cc(C2Oc3cc(C4=C(O)C(=O)C5C(O)=CC(OCC(=O)Nc6ccc(Cl)cc6Cl)=CC5O4)ccc3OC2CO)ccc1OCC(=O)Nc1ccc(Cl)cc1Cl. The van der Waals surface area contributed by atoms with Crippen LogP contribution in [0, 0.1) is 5.92 Å². The van der Waals surface area contributed by atoms with E-state index in [-0.39, 0.29) is 56.7 Å². The van der Waals surface area contributed by atoms with Crippen LogP contribution in [0.25, 0.3) is 5.76 Å². The van der Waals surface area contributed by atoms with Crippen molar-refractivity contribution in [1.82, 2.24) is 0 Å². The van der Waals surface area contributed by atoms with Crippen LogP contribution in [0.5, 0.6) is 23.0 Å². The Kier molecular flexibility index (Phi) is 12.4. The van der Waals surface area contributed by atoms with Gasteiger partial charge >= 0.3 is 0 Å². The third kappa shape index (κ3) is 9.12. The van der Waals surface area contributed by atoms with Crippen LogP contribution in [0.15, 0.2) is 102 Å². The molecule has 2 heterocycles. The number of hydrogen-bond acceptors (Lipinski definition) is 12. The molecule has 2 aliphatic heterocycles. The molecule has 306 valence electrons. The molecular formula is C41H32Cl4N2O12. The second kappa shape index (κ2) is 17.6. The normalized spacial score (nSPS) is 19.4. The molecule has 0 fully saturated rings. The zero-order valence-electron chi connectivity index (χ0n) is 30.5. The van der Waals surface area contributed by atoms with Gasteiger partial charge < -0.3 is 54.4 Å². The molecule has 4 aromatic rings. The standard InChI is InChI=1S/C41H32Cl4N2O12/c1-54-31-10-19(2-8-29(31)56-18-36(51)47-27-7-5-22(43)13-25(27)45)40-34(16-48)57-30-9-3-20(11-32(30)58-40)41-39(53)38(52)37-28(49)14-23(15-33(37)59-41)55-17-35(50)46-26-6-4-21(42)12-24(26)44/h2-15,33-34,37,40,48-49,53H,16-18H2,1H3,(H,46,50)(H,47,51). The zero-order chi connectivity index (χ0) is 42.0. The lowest BCUT2D eigenvalue weighted by molar-refractivity contribution is -0.126. The maximum atomic E-state index is 13.4.